The third-order valence-corrected chi connectivity index (χ3v) is 14.9. The SMILES string of the molecule is CCCCCC/C=C\C/C=C\CCCCCCCC(=O)OCCCCCCCCCCC/C=C\C/C=C\CCCCCCCCCC(=O)NC(CO)C(O)CCCCCCCCCCCCCCCCCCC. The number of allylic oxidation sites excluding steroid dienone is 8. The molecule has 73 heavy (non-hydrogen) atoms. The van der Waals surface area contributed by atoms with E-state index in [0.29, 0.717) is 25.9 Å². The molecule has 2 atom stereocenters. The molecule has 2 unspecified atom stereocenters. The van der Waals surface area contributed by atoms with Gasteiger partial charge in [0.05, 0.1) is 25.4 Å². The van der Waals surface area contributed by atoms with Gasteiger partial charge in [-0.2, -0.15) is 0 Å². The summed E-state index contributed by atoms with van der Waals surface area (Å²) in [5, 5.41) is 23.3. The van der Waals surface area contributed by atoms with Crippen molar-refractivity contribution in [3.8, 4) is 0 Å². The van der Waals surface area contributed by atoms with E-state index in [1.54, 1.807) is 0 Å². The van der Waals surface area contributed by atoms with E-state index in [1.807, 2.05) is 0 Å². The summed E-state index contributed by atoms with van der Waals surface area (Å²) in [5.74, 6) is -0.0504. The minimum Gasteiger partial charge on any atom is -0.466 e. The van der Waals surface area contributed by atoms with Gasteiger partial charge in [-0.1, -0.05) is 287 Å². The Balaban J connectivity index is 3.46. The first-order chi connectivity index (χ1) is 36.0. The van der Waals surface area contributed by atoms with Gasteiger partial charge in [-0.05, 0) is 89.9 Å². The highest BCUT2D eigenvalue weighted by Crippen LogP contribution is 2.17. The van der Waals surface area contributed by atoms with Crippen molar-refractivity contribution in [2.24, 2.45) is 0 Å². The average Bonchev–Trinajstić information content (AvgIpc) is 3.39. The Kier molecular flexibility index (Phi) is 60.5. The van der Waals surface area contributed by atoms with Crippen LogP contribution in [-0.4, -0.2) is 47.4 Å². The number of carbonyl (C=O) groups is 2. The molecule has 0 bridgehead atoms. The van der Waals surface area contributed by atoms with Crippen molar-refractivity contribution < 1.29 is 24.5 Å². The van der Waals surface area contributed by atoms with E-state index >= 15 is 0 Å². The molecule has 0 spiro atoms. The number of hydrogen-bond acceptors (Lipinski definition) is 5. The summed E-state index contributed by atoms with van der Waals surface area (Å²) < 4.78 is 5.48. The second-order valence-corrected chi connectivity index (χ2v) is 22.1. The number of amides is 1. The van der Waals surface area contributed by atoms with Gasteiger partial charge >= 0.3 is 5.97 Å². The van der Waals surface area contributed by atoms with Gasteiger partial charge in [0.2, 0.25) is 5.91 Å². The average molecular weight is 1020 g/mol. The van der Waals surface area contributed by atoms with E-state index in [2.05, 4.69) is 67.8 Å². The molecule has 6 nitrogen and oxygen atoms in total. The van der Waals surface area contributed by atoms with Gasteiger partial charge in [-0.3, -0.25) is 9.59 Å². The summed E-state index contributed by atoms with van der Waals surface area (Å²) in [6.07, 6.45) is 79.8. The molecule has 0 heterocycles. The van der Waals surface area contributed by atoms with Crippen LogP contribution in [0.5, 0.6) is 0 Å². The number of esters is 1. The van der Waals surface area contributed by atoms with Crippen molar-refractivity contribution in [3.05, 3.63) is 48.6 Å². The van der Waals surface area contributed by atoms with Gasteiger partial charge in [-0.15, -0.1) is 0 Å². The Labute approximate surface area is 455 Å². The van der Waals surface area contributed by atoms with E-state index in [4.69, 9.17) is 4.74 Å². The summed E-state index contributed by atoms with van der Waals surface area (Å²) >= 11 is 0. The molecule has 428 valence electrons. The second kappa shape index (κ2) is 62.4. The van der Waals surface area contributed by atoms with Crippen molar-refractivity contribution in [2.45, 2.75) is 353 Å². The smallest absolute Gasteiger partial charge is 0.305 e. The quantitative estimate of drug-likeness (QED) is 0.0320. The Morgan fingerprint density at radius 2 is 0.685 bits per heavy atom. The highest BCUT2D eigenvalue weighted by molar-refractivity contribution is 5.76. The van der Waals surface area contributed by atoms with Crippen molar-refractivity contribution in [1.29, 1.82) is 0 Å². The molecule has 0 rings (SSSR count). The lowest BCUT2D eigenvalue weighted by Gasteiger charge is -2.22. The highest BCUT2D eigenvalue weighted by atomic mass is 16.5. The fourth-order valence-electron chi connectivity index (χ4n) is 9.88. The Morgan fingerprint density at radius 1 is 0.384 bits per heavy atom. The number of hydrogen-bond donors (Lipinski definition) is 3. The standard InChI is InChI=1S/C67H125NO5/c1-3-5-7-9-11-13-15-17-19-28-31-35-39-43-47-51-55-59-65(70)64(63-69)68-66(71)60-56-52-48-44-40-36-32-29-26-24-22-21-23-25-27-30-34-38-42-46-50-54-58-62-73-67(72)61-57-53-49-45-41-37-33-20-18-16-14-12-10-8-6-4-2/h14,16,20-21,23-24,26,33,64-65,69-70H,3-13,15,17-19,22,25,27-32,34-63H2,1-2H3,(H,68,71)/b16-14-,23-21-,26-24-,33-20-. The first-order valence-corrected chi connectivity index (χ1v) is 32.4. The third kappa shape index (κ3) is 58.9. The summed E-state index contributed by atoms with van der Waals surface area (Å²) in [6, 6.07) is -0.550. The summed E-state index contributed by atoms with van der Waals surface area (Å²) in [5.41, 5.74) is 0. The molecule has 0 fully saturated rings. The maximum absolute atomic E-state index is 12.5. The fraction of sp³-hybridized carbons (Fsp3) is 0.851. The maximum Gasteiger partial charge on any atom is 0.305 e. The van der Waals surface area contributed by atoms with Crippen LogP contribution in [-0.2, 0) is 14.3 Å². The van der Waals surface area contributed by atoms with Gasteiger partial charge in [0, 0.05) is 12.8 Å². The zero-order valence-electron chi connectivity index (χ0n) is 48.9. The lowest BCUT2D eigenvalue weighted by atomic mass is 10.0. The molecule has 0 aliphatic carbocycles. The highest BCUT2D eigenvalue weighted by Gasteiger charge is 2.20. The van der Waals surface area contributed by atoms with Crippen LogP contribution in [0.2, 0.25) is 0 Å². The largest absolute Gasteiger partial charge is 0.466 e. The van der Waals surface area contributed by atoms with Crippen LogP contribution in [0.1, 0.15) is 341 Å². The first-order valence-electron chi connectivity index (χ1n) is 32.4. The van der Waals surface area contributed by atoms with Crippen LogP contribution in [0.4, 0.5) is 0 Å². The predicted octanol–water partition coefficient (Wildman–Crippen LogP) is 20.5. The lowest BCUT2D eigenvalue weighted by molar-refractivity contribution is -0.143. The van der Waals surface area contributed by atoms with Crippen LogP contribution >= 0.6 is 0 Å². The van der Waals surface area contributed by atoms with E-state index in [9.17, 15) is 19.8 Å². The van der Waals surface area contributed by atoms with E-state index < -0.39 is 12.1 Å². The number of aliphatic hydroxyl groups excluding tert-OH is 2. The molecular formula is C67H125NO5. The number of nitrogens with one attached hydrogen (secondary N) is 1. The Bertz CT molecular complexity index is 1230. The third-order valence-electron chi connectivity index (χ3n) is 14.9. The predicted molar refractivity (Wildman–Crippen MR) is 319 cm³/mol. The molecule has 3 N–H and O–H groups in total. The Hall–Kier alpha value is -2.18. The van der Waals surface area contributed by atoms with E-state index in [0.717, 1.165) is 70.6 Å². The van der Waals surface area contributed by atoms with Crippen LogP contribution < -0.4 is 5.32 Å². The van der Waals surface area contributed by atoms with Gasteiger partial charge in [0.15, 0.2) is 0 Å². The molecule has 0 saturated heterocycles. The number of carbonyl (C=O) groups excluding carboxylic acids is 2. The van der Waals surface area contributed by atoms with Crippen LogP contribution in [0.25, 0.3) is 0 Å². The minimum atomic E-state index is -0.672. The van der Waals surface area contributed by atoms with E-state index in [1.165, 1.54) is 238 Å². The van der Waals surface area contributed by atoms with Crippen LogP contribution in [0.15, 0.2) is 48.6 Å². The molecular weight excluding hydrogens is 899 g/mol. The monoisotopic (exact) mass is 1020 g/mol. The first kappa shape index (κ1) is 70.8. The second-order valence-electron chi connectivity index (χ2n) is 22.1. The lowest BCUT2D eigenvalue weighted by Crippen LogP contribution is -2.45. The zero-order valence-corrected chi connectivity index (χ0v) is 48.9. The summed E-state index contributed by atoms with van der Waals surface area (Å²) in [4.78, 5) is 24.6. The van der Waals surface area contributed by atoms with Crippen molar-refractivity contribution in [3.63, 3.8) is 0 Å². The summed E-state index contributed by atoms with van der Waals surface area (Å²) in [7, 11) is 0. The van der Waals surface area contributed by atoms with Crippen molar-refractivity contribution in [2.75, 3.05) is 13.2 Å². The maximum atomic E-state index is 12.5. The van der Waals surface area contributed by atoms with Crippen LogP contribution in [0.3, 0.4) is 0 Å². The normalized spacial score (nSPS) is 12.9. The van der Waals surface area contributed by atoms with Crippen molar-refractivity contribution in [1.82, 2.24) is 5.32 Å². The molecule has 0 aliphatic rings. The molecule has 0 aromatic carbocycles. The Morgan fingerprint density at radius 3 is 1.05 bits per heavy atom. The molecule has 0 aromatic rings. The number of unbranched alkanes of at least 4 members (excludes halogenated alkanes) is 41. The zero-order chi connectivity index (χ0) is 52.9. The van der Waals surface area contributed by atoms with Crippen LogP contribution in [0, 0.1) is 0 Å². The minimum absolute atomic E-state index is 0.00644. The molecule has 6 heteroatoms. The fourth-order valence-corrected chi connectivity index (χ4v) is 9.88. The van der Waals surface area contributed by atoms with Gasteiger partial charge in [0.25, 0.3) is 0 Å². The topological polar surface area (TPSA) is 95.9 Å². The van der Waals surface area contributed by atoms with Gasteiger partial charge < -0.3 is 20.3 Å². The number of rotatable bonds is 60. The summed E-state index contributed by atoms with van der Waals surface area (Å²) in [6.45, 7) is 4.94. The molecule has 0 saturated carbocycles. The molecule has 0 aromatic heterocycles. The van der Waals surface area contributed by atoms with Gasteiger partial charge in [-0.25, -0.2) is 0 Å². The van der Waals surface area contributed by atoms with Gasteiger partial charge in [0.1, 0.15) is 0 Å². The molecule has 0 radical (unpaired) electrons. The van der Waals surface area contributed by atoms with Crippen molar-refractivity contribution >= 4 is 11.9 Å². The molecule has 1 amide bonds. The number of ether oxygens (including phenoxy) is 1. The molecule has 0 aliphatic heterocycles. The van der Waals surface area contributed by atoms with E-state index in [-0.39, 0.29) is 18.5 Å². The number of aliphatic hydroxyl groups is 2.